The van der Waals surface area contributed by atoms with Gasteiger partial charge in [-0.2, -0.15) is 15.1 Å². The van der Waals surface area contributed by atoms with Crippen molar-refractivity contribution in [3.8, 4) is 0 Å². The smallest absolute Gasteiger partial charge is 0.226 e. The van der Waals surface area contributed by atoms with Crippen molar-refractivity contribution < 1.29 is 13.2 Å². The Labute approximate surface area is 470 Å². The molecule has 426 valence electrons. The third-order valence-corrected chi connectivity index (χ3v) is 21.6. The second-order valence-electron chi connectivity index (χ2n) is 22.8. The number of rotatable bonds is 41. The molecule has 3 aromatic heterocycles. The van der Waals surface area contributed by atoms with Gasteiger partial charge >= 0.3 is 0 Å². The topological polar surface area (TPSA) is 77.5 Å². The van der Waals surface area contributed by atoms with E-state index in [0.717, 1.165) is 131 Å². The molecule has 8 nitrogen and oxygen atoms in total. The molecule has 14 heteroatoms. The van der Waals surface area contributed by atoms with Gasteiger partial charge in [-0.3, -0.25) is 4.68 Å². The molecule has 0 spiro atoms. The van der Waals surface area contributed by atoms with Gasteiger partial charge in [0.2, 0.25) is 5.28 Å². The number of allylic oxidation sites excluding steroid dienone is 1. The molecule has 0 N–H and O–H groups in total. The van der Waals surface area contributed by atoms with Gasteiger partial charge in [0.15, 0.2) is 5.65 Å². The van der Waals surface area contributed by atoms with E-state index >= 15 is 0 Å². The lowest BCUT2D eigenvalue weighted by Gasteiger charge is -2.26. The Balaban J connectivity index is 0.767. The number of fused-ring (bicyclic) bond motifs is 1. The second-order valence-corrected chi connectivity index (χ2v) is 27.5. The van der Waals surface area contributed by atoms with E-state index in [4.69, 9.17) is 26.7 Å². The predicted octanol–water partition coefficient (Wildman–Crippen LogP) is 19.0. The minimum atomic E-state index is -0.887. The fourth-order valence-corrected chi connectivity index (χ4v) is 15.8. The van der Waals surface area contributed by atoms with Gasteiger partial charge in [-0.1, -0.05) is 177 Å². The number of nitrogens with zero attached hydrogens (tertiary/aromatic N) is 8. The van der Waals surface area contributed by atoms with Crippen molar-refractivity contribution in [3.63, 3.8) is 0 Å². The number of benzene rings is 2. The monoisotopic (exact) mass is 1120 g/mol. The van der Waals surface area contributed by atoms with E-state index in [9.17, 15) is 13.2 Å². The molecular weight excluding hydrogens is 1020 g/mol. The van der Waals surface area contributed by atoms with E-state index in [1.54, 1.807) is 0 Å². The first-order valence-corrected chi connectivity index (χ1v) is 34.4. The summed E-state index contributed by atoms with van der Waals surface area (Å²) >= 11 is 6.79. The fourth-order valence-electron chi connectivity index (χ4n) is 11.7. The Morgan fingerprint density at radius 3 is 2.04 bits per heavy atom. The highest BCUT2D eigenvalue weighted by Crippen LogP contribution is 2.48. The molecule has 5 aromatic rings. The third kappa shape index (κ3) is 21.9. The van der Waals surface area contributed by atoms with Crippen LogP contribution in [0.1, 0.15) is 222 Å². The van der Waals surface area contributed by atoms with Gasteiger partial charge in [0, 0.05) is 43.5 Å². The number of halogens is 4. The standard InChI is InChI=1S/C63H96ClF3N8P2/c1-6-52-33-28-29-34-53(52)46-73(61-58-45-68-75(62(58)70-63(64)69-61)56-37-36-51(42-56)41-50(3)77(5)48-76-4)38-30-24-20-16-12-9-11-15-19-23-27-35-55-47-74(72-71-55)39-31-25-21-17-13-8-7-10-14-18-22-26-32-49(2)40-57-59(66)43-54(65)44-60(57)67/h28-29,33-34,43-45,47,50-51,56,76H,2,6-27,30-32,35-42,46,48H2,1,3-5H3. The molecule has 2 aromatic carbocycles. The van der Waals surface area contributed by atoms with Crippen molar-refractivity contribution in [2.45, 2.75) is 238 Å². The molecule has 6 rings (SSSR count). The van der Waals surface area contributed by atoms with Crippen LogP contribution < -0.4 is 4.90 Å². The number of aromatic nitrogens is 7. The summed E-state index contributed by atoms with van der Waals surface area (Å²) in [6, 6.07) is 10.7. The summed E-state index contributed by atoms with van der Waals surface area (Å²) in [5.74, 6) is 0.545. The van der Waals surface area contributed by atoms with Crippen molar-refractivity contribution in [1.29, 1.82) is 0 Å². The maximum absolute atomic E-state index is 13.9. The van der Waals surface area contributed by atoms with Crippen LogP contribution in [0.5, 0.6) is 0 Å². The van der Waals surface area contributed by atoms with Gasteiger partial charge < -0.3 is 4.90 Å². The zero-order chi connectivity index (χ0) is 54.6. The highest BCUT2D eigenvalue weighted by molar-refractivity contribution is 7.67. The van der Waals surface area contributed by atoms with E-state index in [1.165, 1.54) is 158 Å². The first-order chi connectivity index (χ1) is 37.5. The molecule has 1 saturated carbocycles. The van der Waals surface area contributed by atoms with Crippen molar-refractivity contribution >= 4 is 45.0 Å². The lowest BCUT2D eigenvalue weighted by atomic mass is 9.99. The fraction of sp³-hybridized carbons (Fsp3) is 0.667. The summed E-state index contributed by atoms with van der Waals surface area (Å²) in [6.45, 7) is 16.3. The SMILES string of the molecule is C=C(CCCCCCCCCCCCCCn1cc(CCCCCCCCCCCCCN(Cc2ccccc2CC)c2nc(Cl)nc3c2cnn3C2CCC(CC(C)P(C)CPC)C2)nn1)Cc1c(F)cc(F)cc1F. The van der Waals surface area contributed by atoms with Gasteiger partial charge in [-0.25, -0.2) is 17.9 Å². The van der Waals surface area contributed by atoms with Crippen LogP contribution in [0.25, 0.3) is 11.0 Å². The maximum atomic E-state index is 13.9. The Bertz CT molecular complexity index is 2440. The molecule has 3 heterocycles. The summed E-state index contributed by atoms with van der Waals surface area (Å²) in [5, 5.41) is 15.2. The van der Waals surface area contributed by atoms with E-state index in [0.29, 0.717) is 11.3 Å². The third-order valence-electron chi connectivity index (χ3n) is 16.4. The average molecular weight is 1120 g/mol. The molecule has 0 radical (unpaired) electrons. The lowest BCUT2D eigenvalue weighted by Crippen LogP contribution is -2.26. The zero-order valence-corrected chi connectivity index (χ0v) is 50.5. The Kier molecular flexibility index (Phi) is 28.8. The minimum absolute atomic E-state index is 0.0830. The number of anilines is 1. The number of hydrogen-bond donors (Lipinski definition) is 0. The Morgan fingerprint density at radius 2 is 1.40 bits per heavy atom. The van der Waals surface area contributed by atoms with Crippen LogP contribution >= 0.6 is 28.1 Å². The van der Waals surface area contributed by atoms with Crippen LogP contribution in [-0.2, 0) is 32.4 Å². The van der Waals surface area contributed by atoms with Crippen molar-refractivity contribution in [2.24, 2.45) is 5.92 Å². The lowest BCUT2D eigenvalue weighted by molar-refractivity contribution is 0.435. The molecule has 5 atom stereocenters. The van der Waals surface area contributed by atoms with Crippen LogP contribution in [0.15, 0.2) is 60.9 Å². The van der Waals surface area contributed by atoms with Crippen LogP contribution in [0.2, 0.25) is 5.28 Å². The molecule has 1 fully saturated rings. The quantitative estimate of drug-likeness (QED) is 0.0168. The highest BCUT2D eigenvalue weighted by atomic mass is 35.5. The van der Waals surface area contributed by atoms with Gasteiger partial charge in [0.1, 0.15) is 23.3 Å². The highest BCUT2D eigenvalue weighted by Gasteiger charge is 2.31. The van der Waals surface area contributed by atoms with Gasteiger partial charge in [0.05, 0.1) is 23.3 Å². The van der Waals surface area contributed by atoms with E-state index in [-0.39, 0.29) is 19.9 Å². The zero-order valence-electron chi connectivity index (χ0n) is 47.8. The Hall–Kier alpha value is -3.39. The van der Waals surface area contributed by atoms with Gasteiger partial charge in [-0.15, -0.1) is 21.6 Å². The minimum Gasteiger partial charge on any atom is -0.352 e. The molecule has 1 aliphatic rings. The van der Waals surface area contributed by atoms with Crippen LogP contribution in [0, 0.1) is 23.4 Å². The van der Waals surface area contributed by atoms with Crippen molar-refractivity contribution in [3.05, 3.63) is 106 Å². The summed E-state index contributed by atoms with van der Waals surface area (Å²) in [7, 11) is 1.18. The molecule has 0 aliphatic heterocycles. The van der Waals surface area contributed by atoms with Crippen LogP contribution in [0.4, 0.5) is 19.0 Å². The first-order valence-electron chi connectivity index (χ1n) is 30.3. The van der Waals surface area contributed by atoms with Gasteiger partial charge in [0.25, 0.3) is 0 Å². The summed E-state index contributed by atoms with van der Waals surface area (Å²) in [5.41, 5.74) is 6.30. The molecular formula is C63H96ClF3N8P2. The van der Waals surface area contributed by atoms with Crippen LogP contribution in [0.3, 0.4) is 0 Å². The van der Waals surface area contributed by atoms with E-state index in [1.807, 2.05) is 10.9 Å². The molecule has 1 aliphatic carbocycles. The maximum Gasteiger partial charge on any atom is 0.226 e. The molecule has 5 unspecified atom stereocenters. The van der Waals surface area contributed by atoms with Crippen LogP contribution in [-0.4, -0.2) is 66.2 Å². The molecule has 0 bridgehead atoms. The number of aryl methyl sites for hydroxylation is 3. The summed E-state index contributed by atoms with van der Waals surface area (Å²) in [4.78, 5) is 12.2. The van der Waals surface area contributed by atoms with Gasteiger partial charge in [-0.05, 0) is 131 Å². The molecule has 0 saturated heterocycles. The second kappa shape index (κ2) is 35.4. The molecule has 0 amide bonds. The van der Waals surface area contributed by atoms with E-state index < -0.39 is 17.5 Å². The molecule has 77 heavy (non-hydrogen) atoms. The Morgan fingerprint density at radius 1 is 0.805 bits per heavy atom. The van der Waals surface area contributed by atoms with Crippen molar-refractivity contribution in [1.82, 2.24) is 34.7 Å². The van der Waals surface area contributed by atoms with Crippen molar-refractivity contribution in [2.75, 3.05) is 30.7 Å². The normalized spacial score (nSPS) is 15.6. The number of unbranched alkanes of at least 4 members (excludes halogenated alkanes) is 21. The van der Waals surface area contributed by atoms with E-state index in [2.05, 4.69) is 84.1 Å². The average Bonchev–Trinajstić information content (AvgIpc) is 4.21. The first kappa shape index (κ1) is 62.8. The summed E-state index contributed by atoms with van der Waals surface area (Å²) in [6.07, 6.45) is 40.6. The number of hydrogen-bond acceptors (Lipinski definition) is 6. The summed E-state index contributed by atoms with van der Waals surface area (Å²) < 4.78 is 45.2. The predicted molar refractivity (Wildman–Crippen MR) is 323 cm³/mol. The largest absolute Gasteiger partial charge is 0.352 e.